The lowest BCUT2D eigenvalue weighted by atomic mass is 10.1. The number of aryl methyl sites for hydroxylation is 2. The van der Waals surface area contributed by atoms with Crippen molar-refractivity contribution in [2.75, 3.05) is 13.2 Å². The van der Waals surface area contributed by atoms with Crippen LogP contribution in [0.2, 0.25) is 0 Å². The summed E-state index contributed by atoms with van der Waals surface area (Å²) in [5, 5.41) is 1.51. The second-order valence-electron chi connectivity index (χ2n) is 21.0. The van der Waals surface area contributed by atoms with Crippen molar-refractivity contribution in [2.45, 2.75) is 170 Å². The van der Waals surface area contributed by atoms with Crippen LogP contribution in [0.15, 0.2) is 132 Å². The predicted octanol–water partition coefficient (Wildman–Crippen LogP) is 18.5. The Kier molecular flexibility index (Phi) is 26.1. The molecule has 0 aliphatic heterocycles. The van der Waals surface area contributed by atoms with Gasteiger partial charge in [0.05, 0.1) is 24.3 Å². The Labute approximate surface area is 475 Å². The fraction of sp³-hybridized carbons (Fsp3) is 0.400. The van der Waals surface area contributed by atoms with Crippen molar-refractivity contribution in [1.82, 2.24) is 0 Å². The standard InChI is InChI=1S/C70H84O10/c1-7-9-11-13-15-17-19-21-23-25-43-75-61-35-27-55(28-36-61)45-53(5)67(71)79-65-41-33-58(47-51(65)3)69(73)77-63-39-31-57-32-40-64(50-60(57)49-63)78-70(74)59-34-42-66(52(4)48-59)80-68(72)54(6)46-56-29-37-62(38-30-56)76-44-26-24-22-20-18-16-14-12-10-8-2/h27-42,45-50H,7-26,43-44H2,1-6H3/b53-45+,54-46+. The Morgan fingerprint density at radius 2 is 0.700 bits per heavy atom. The van der Waals surface area contributed by atoms with Gasteiger partial charge in [0, 0.05) is 11.1 Å². The number of carbonyl (C=O) groups is 4. The molecule has 0 bridgehead atoms. The van der Waals surface area contributed by atoms with Gasteiger partial charge >= 0.3 is 23.9 Å². The van der Waals surface area contributed by atoms with Gasteiger partial charge in [-0.05, 0) is 171 Å². The first-order valence-corrected chi connectivity index (χ1v) is 29.3. The van der Waals surface area contributed by atoms with Crippen LogP contribution in [0.1, 0.15) is 199 Å². The van der Waals surface area contributed by atoms with Gasteiger partial charge < -0.3 is 28.4 Å². The average molecular weight is 1090 g/mol. The van der Waals surface area contributed by atoms with Gasteiger partial charge in [-0.1, -0.05) is 166 Å². The second kappa shape index (κ2) is 33.9. The Hall–Kier alpha value is -7.46. The molecule has 10 heteroatoms. The third-order valence-electron chi connectivity index (χ3n) is 14.1. The normalized spacial score (nSPS) is 11.6. The van der Waals surface area contributed by atoms with E-state index in [1.807, 2.05) is 48.5 Å². The van der Waals surface area contributed by atoms with Crippen LogP contribution in [0.5, 0.6) is 34.5 Å². The molecule has 10 nitrogen and oxygen atoms in total. The maximum atomic E-state index is 13.4. The smallest absolute Gasteiger partial charge is 0.343 e. The quantitative estimate of drug-likeness (QED) is 0.0167. The molecule has 0 saturated heterocycles. The summed E-state index contributed by atoms with van der Waals surface area (Å²) in [7, 11) is 0. The Bertz CT molecular complexity index is 2790. The monoisotopic (exact) mass is 1080 g/mol. The lowest BCUT2D eigenvalue weighted by Gasteiger charge is -2.11. The molecule has 0 atom stereocenters. The lowest BCUT2D eigenvalue weighted by molar-refractivity contribution is -0.130. The molecule has 6 aromatic carbocycles. The fourth-order valence-corrected chi connectivity index (χ4v) is 9.30. The van der Waals surface area contributed by atoms with Crippen LogP contribution in [0.25, 0.3) is 22.9 Å². The number of rotatable bonds is 34. The van der Waals surface area contributed by atoms with E-state index in [1.165, 1.54) is 116 Å². The Morgan fingerprint density at radius 1 is 0.362 bits per heavy atom. The largest absolute Gasteiger partial charge is 0.494 e. The van der Waals surface area contributed by atoms with Crippen molar-refractivity contribution in [3.63, 3.8) is 0 Å². The van der Waals surface area contributed by atoms with Gasteiger partial charge in [0.1, 0.15) is 34.5 Å². The molecule has 0 spiro atoms. The van der Waals surface area contributed by atoms with E-state index in [0.29, 0.717) is 52.4 Å². The summed E-state index contributed by atoms with van der Waals surface area (Å²) in [5.74, 6) is 0.634. The summed E-state index contributed by atoms with van der Waals surface area (Å²) in [4.78, 5) is 52.9. The van der Waals surface area contributed by atoms with Crippen molar-refractivity contribution in [1.29, 1.82) is 0 Å². The molecule has 0 saturated carbocycles. The zero-order chi connectivity index (χ0) is 56.9. The van der Waals surface area contributed by atoms with Gasteiger partial charge in [-0.3, -0.25) is 0 Å². The first-order chi connectivity index (χ1) is 38.9. The molecule has 6 aromatic rings. The van der Waals surface area contributed by atoms with Gasteiger partial charge in [-0.25, -0.2) is 19.2 Å². The molecule has 424 valence electrons. The van der Waals surface area contributed by atoms with Crippen LogP contribution < -0.4 is 28.4 Å². The molecule has 0 aromatic heterocycles. The van der Waals surface area contributed by atoms with Crippen molar-refractivity contribution in [3.05, 3.63) is 166 Å². The SMILES string of the molecule is CCCCCCCCCCCCOc1ccc(/C=C(\C)C(=O)Oc2ccc(C(=O)Oc3ccc4ccc(OC(=O)c5ccc(OC(=O)/C(C)=C/c6ccc(OCCCCCCCCCCCC)cc6)c(C)c5)cc4c3)cc2C)cc1. The number of ether oxygens (including phenoxy) is 6. The van der Waals surface area contributed by atoms with E-state index in [2.05, 4.69) is 13.8 Å². The van der Waals surface area contributed by atoms with Gasteiger partial charge in [0.25, 0.3) is 0 Å². The number of hydrogen-bond acceptors (Lipinski definition) is 10. The minimum Gasteiger partial charge on any atom is -0.494 e. The highest BCUT2D eigenvalue weighted by atomic mass is 16.5. The molecule has 0 radical (unpaired) electrons. The summed E-state index contributed by atoms with van der Waals surface area (Å²) in [6.07, 6.45) is 29.1. The summed E-state index contributed by atoms with van der Waals surface area (Å²) in [6.45, 7) is 12.8. The molecule has 0 heterocycles. The van der Waals surface area contributed by atoms with Crippen molar-refractivity contribution >= 4 is 46.8 Å². The number of benzene rings is 6. The van der Waals surface area contributed by atoms with Crippen LogP contribution in [0.3, 0.4) is 0 Å². The lowest BCUT2D eigenvalue weighted by Crippen LogP contribution is -2.12. The van der Waals surface area contributed by atoms with Crippen LogP contribution in [0.4, 0.5) is 0 Å². The molecular formula is C70H84O10. The summed E-state index contributed by atoms with van der Waals surface area (Å²) >= 11 is 0. The molecule has 80 heavy (non-hydrogen) atoms. The summed E-state index contributed by atoms with van der Waals surface area (Å²) < 4.78 is 34.9. The predicted molar refractivity (Wildman–Crippen MR) is 322 cm³/mol. The number of esters is 4. The number of unbranched alkanes of at least 4 members (excludes halogenated alkanes) is 18. The van der Waals surface area contributed by atoms with Crippen molar-refractivity contribution in [2.24, 2.45) is 0 Å². The average Bonchev–Trinajstić information content (AvgIpc) is 3.47. The van der Waals surface area contributed by atoms with Gasteiger partial charge in [0.2, 0.25) is 0 Å². The van der Waals surface area contributed by atoms with Crippen molar-refractivity contribution in [3.8, 4) is 34.5 Å². The number of fused-ring (bicyclic) bond motifs is 1. The number of hydrogen-bond donors (Lipinski definition) is 0. The highest BCUT2D eigenvalue weighted by molar-refractivity contribution is 5.97. The first-order valence-electron chi connectivity index (χ1n) is 29.3. The van der Waals surface area contributed by atoms with Gasteiger partial charge in [0.15, 0.2) is 0 Å². The van der Waals surface area contributed by atoms with Gasteiger partial charge in [-0.15, -0.1) is 0 Å². The molecule has 0 unspecified atom stereocenters. The number of carbonyl (C=O) groups excluding carboxylic acids is 4. The van der Waals surface area contributed by atoms with Crippen LogP contribution in [-0.2, 0) is 9.59 Å². The maximum Gasteiger partial charge on any atom is 0.343 e. The Morgan fingerprint density at radius 3 is 1.05 bits per heavy atom. The zero-order valence-electron chi connectivity index (χ0n) is 48.3. The molecule has 0 N–H and O–H groups in total. The minimum absolute atomic E-state index is 0.275. The topological polar surface area (TPSA) is 124 Å². The zero-order valence-corrected chi connectivity index (χ0v) is 48.3. The van der Waals surface area contributed by atoms with E-state index in [-0.39, 0.29) is 22.6 Å². The van der Waals surface area contributed by atoms with Crippen LogP contribution in [0, 0.1) is 13.8 Å². The van der Waals surface area contributed by atoms with E-state index in [0.717, 1.165) is 40.9 Å². The summed E-state index contributed by atoms with van der Waals surface area (Å²) in [5.41, 5.74) is 4.26. The molecule has 0 fully saturated rings. The van der Waals surface area contributed by atoms with E-state index in [4.69, 9.17) is 28.4 Å². The van der Waals surface area contributed by atoms with E-state index in [1.54, 1.807) is 113 Å². The van der Waals surface area contributed by atoms with Gasteiger partial charge in [-0.2, -0.15) is 0 Å². The van der Waals surface area contributed by atoms with Crippen molar-refractivity contribution < 1.29 is 47.6 Å². The highest BCUT2D eigenvalue weighted by Crippen LogP contribution is 2.29. The molecule has 6 rings (SSSR count). The fourth-order valence-electron chi connectivity index (χ4n) is 9.30. The third kappa shape index (κ3) is 21.3. The Balaban J connectivity index is 0.923. The van der Waals surface area contributed by atoms with Crippen LogP contribution >= 0.6 is 0 Å². The molecule has 0 aliphatic carbocycles. The molecule has 0 aliphatic rings. The van der Waals surface area contributed by atoms with E-state index >= 15 is 0 Å². The molecular weight excluding hydrogens is 1000 g/mol. The first kappa shape index (κ1) is 61.7. The third-order valence-corrected chi connectivity index (χ3v) is 14.1. The summed E-state index contributed by atoms with van der Waals surface area (Å²) in [6, 6.07) is 35.2. The minimum atomic E-state index is -0.596. The van der Waals surface area contributed by atoms with E-state index < -0.39 is 23.9 Å². The molecule has 0 amide bonds. The highest BCUT2D eigenvalue weighted by Gasteiger charge is 2.17. The van der Waals surface area contributed by atoms with E-state index in [9.17, 15) is 19.2 Å². The second-order valence-corrected chi connectivity index (χ2v) is 21.0. The van der Waals surface area contributed by atoms with Crippen LogP contribution in [-0.4, -0.2) is 37.1 Å². The maximum absolute atomic E-state index is 13.4.